The summed E-state index contributed by atoms with van der Waals surface area (Å²) in [6.45, 7) is 8.12. The molecule has 8 nitrogen and oxygen atoms in total. The fourth-order valence-corrected chi connectivity index (χ4v) is 4.70. The van der Waals surface area contributed by atoms with Gasteiger partial charge < -0.3 is 16.4 Å². The molecule has 1 unspecified atom stereocenters. The van der Waals surface area contributed by atoms with E-state index in [0.29, 0.717) is 56.8 Å². The molecule has 1 aliphatic heterocycles. The number of hydrogen-bond donors (Lipinski definition) is 3. The summed E-state index contributed by atoms with van der Waals surface area (Å²) in [5.74, 6) is -0.170. The average molecular weight is 491 g/mol. The Morgan fingerprint density at radius 1 is 1.11 bits per heavy atom. The van der Waals surface area contributed by atoms with Gasteiger partial charge in [-0.15, -0.1) is 0 Å². The third kappa shape index (κ3) is 7.54. The summed E-state index contributed by atoms with van der Waals surface area (Å²) in [6, 6.07) is 15.6. The number of likely N-dealkylation sites (N-methyl/N-ethyl adjacent to an activating group) is 1. The zero-order valence-electron chi connectivity index (χ0n) is 21.4. The van der Waals surface area contributed by atoms with Gasteiger partial charge in [0.1, 0.15) is 0 Å². The van der Waals surface area contributed by atoms with Crippen molar-refractivity contribution in [2.75, 3.05) is 31.9 Å². The van der Waals surface area contributed by atoms with Gasteiger partial charge in [-0.1, -0.05) is 31.2 Å². The van der Waals surface area contributed by atoms with E-state index in [1.807, 2.05) is 31.0 Å². The number of benzene rings is 2. The van der Waals surface area contributed by atoms with Crippen LogP contribution in [0.1, 0.15) is 55.4 Å². The maximum absolute atomic E-state index is 13.5. The van der Waals surface area contributed by atoms with Gasteiger partial charge in [-0.2, -0.15) is 5.26 Å². The van der Waals surface area contributed by atoms with Crippen LogP contribution in [-0.2, 0) is 29.1 Å². The molecule has 0 aromatic heterocycles. The first-order valence-electron chi connectivity index (χ1n) is 12.8. The van der Waals surface area contributed by atoms with Crippen molar-refractivity contribution < 1.29 is 9.59 Å². The molecule has 0 fully saturated rings. The van der Waals surface area contributed by atoms with Crippen LogP contribution in [-0.4, -0.2) is 48.0 Å². The van der Waals surface area contributed by atoms with Gasteiger partial charge in [0.05, 0.1) is 11.6 Å². The minimum absolute atomic E-state index is 0.0227. The maximum atomic E-state index is 13.5. The number of carbonyl (C=O) groups excluding carboxylic acids is 2. The molecule has 1 atom stereocenters. The molecule has 0 saturated carbocycles. The van der Waals surface area contributed by atoms with Gasteiger partial charge in [-0.3, -0.25) is 14.6 Å². The van der Waals surface area contributed by atoms with Crippen LogP contribution in [0.15, 0.2) is 42.5 Å². The van der Waals surface area contributed by atoms with Crippen LogP contribution in [0, 0.1) is 17.2 Å². The number of fused-ring (bicyclic) bond motifs is 1. The van der Waals surface area contributed by atoms with Crippen molar-refractivity contribution in [3.63, 3.8) is 0 Å². The molecule has 2 amide bonds. The van der Waals surface area contributed by atoms with Gasteiger partial charge in [-0.05, 0) is 67.1 Å². The summed E-state index contributed by atoms with van der Waals surface area (Å²) < 4.78 is 0. The Balaban J connectivity index is 1.67. The molecule has 4 N–H and O–H groups in total. The highest BCUT2D eigenvalue weighted by atomic mass is 16.2. The number of nitrogens with two attached hydrogens (primary N) is 1. The van der Waals surface area contributed by atoms with Gasteiger partial charge >= 0.3 is 0 Å². The molecule has 3 rings (SSSR count). The normalized spacial score (nSPS) is 13.6. The van der Waals surface area contributed by atoms with E-state index < -0.39 is 0 Å². The Morgan fingerprint density at radius 3 is 2.47 bits per heavy atom. The molecule has 36 heavy (non-hydrogen) atoms. The second-order valence-corrected chi connectivity index (χ2v) is 9.24. The van der Waals surface area contributed by atoms with E-state index in [2.05, 4.69) is 33.8 Å². The number of amides is 2. The number of aryl methyl sites for hydroxylation is 1. The maximum Gasteiger partial charge on any atom is 0.237 e. The van der Waals surface area contributed by atoms with Crippen LogP contribution in [0.4, 0.5) is 5.69 Å². The molecule has 2 aromatic rings. The molecule has 0 spiro atoms. The molecule has 0 aliphatic carbocycles. The van der Waals surface area contributed by atoms with Crippen LogP contribution in [0.25, 0.3) is 0 Å². The lowest BCUT2D eigenvalue weighted by Crippen LogP contribution is -2.44. The molecule has 1 aliphatic rings. The Hall–Kier alpha value is -3.41. The van der Waals surface area contributed by atoms with Crippen LogP contribution in [0.2, 0.25) is 0 Å². The van der Waals surface area contributed by atoms with Crippen LogP contribution < -0.4 is 16.4 Å². The topological polar surface area (TPSA) is 114 Å². The number of hydrogen-bond acceptors (Lipinski definition) is 6. The number of rotatable bonds is 13. The third-order valence-corrected chi connectivity index (χ3v) is 6.66. The van der Waals surface area contributed by atoms with Crippen LogP contribution in [0.5, 0.6) is 0 Å². The zero-order chi connectivity index (χ0) is 25.9. The van der Waals surface area contributed by atoms with Crippen molar-refractivity contribution in [2.24, 2.45) is 5.92 Å². The molecular formula is C28H38N6O2. The number of nitrogens with one attached hydrogen (secondary N) is 2. The lowest BCUT2D eigenvalue weighted by molar-refractivity contribution is -0.151. The van der Waals surface area contributed by atoms with Gasteiger partial charge in [0.15, 0.2) is 0 Å². The second-order valence-electron chi connectivity index (χ2n) is 9.24. The predicted octanol–water partition coefficient (Wildman–Crippen LogP) is 2.97. The molecule has 8 heteroatoms. The summed E-state index contributed by atoms with van der Waals surface area (Å²) in [7, 11) is 0. The summed E-state index contributed by atoms with van der Waals surface area (Å²) in [4.78, 5) is 26.1. The highest BCUT2D eigenvalue weighted by molar-refractivity contribution is 5.79. The third-order valence-electron chi connectivity index (χ3n) is 6.66. The summed E-state index contributed by atoms with van der Waals surface area (Å²) in [5.41, 5.74) is 10.7. The molecular weight excluding hydrogens is 452 g/mol. The van der Waals surface area contributed by atoms with Gasteiger partial charge in [0.2, 0.25) is 11.8 Å². The quantitative estimate of drug-likeness (QED) is 0.294. The lowest BCUT2D eigenvalue weighted by atomic mass is 9.91. The van der Waals surface area contributed by atoms with E-state index in [9.17, 15) is 14.9 Å². The monoisotopic (exact) mass is 490 g/mol. The molecule has 192 valence electrons. The smallest absolute Gasteiger partial charge is 0.237 e. The van der Waals surface area contributed by atoms with Crippen molar-refractivity contribution in [1.29, 1.82) is 5.26 Å². The lowest BCUT2D eigenvalue weighted by Gasteiger charge is -2.32. The Bertz CT molecular complexity index is 1050. The number of nitrogen functional groups attached to an aromatic ring is 1. The van der Waals surface area contributed by atoms with Crippen molar-refractivity contribution >= 4 is 17.5 Å². The average Bonchev–Trinajstić information content (AvgIpc) is 3.30. The summed E-state index contributed by atoms with van der Waals surface area (Å²) in [6.07, 6.45) is 1.78. The molecule has 0 bridgehead atoms. The van der Waals surface area contributed by atoms with E-state index in [1.165, 1.54) is 11.1 Å². The van der Waals surface area contributed by atoms with E-state index in [0.717, 1.165) is 12.1 Å². The van der Waals surface area contributed by atoms with E-state index >= 15 is 0 Å². The SMILES string of the molecule is CCNCCNC(=O)CC(CCc1cc(C#N)ccc1N)CC(=O)N(CC)N1Cc2ccccc2C1. The summed E-state index contributed by atoms with van der Waals surface area (Å²) in [5, 5.41) is 19.3. The fraction of sp³-hybridized carbons (Fsp3) is 0.464. The molecule has 0 saturated heterocycles. The Morgan fingerprint density at radius 2 is 1.83 bits per heavy atom. The van der Waals surface area contributed by atoms with Crippen molar-refractivity contribution in [1.82, 2.24) is 20.7 Å². The van der Waals surface area contributed by atoms with E-state index in [1.54, 1.807) is 18.2 Å². The highest BCUT2D eigenvalue weighted by Gasteiger charge is 2.28. The predicted molar refractivity (Wildman–Crippen MR) is 141 cm³/mol. The van der Waals surface area contributed by atoms with Crippen molar-refractivity contribution in [2.45, 2.75) is 52.6 Å². The van der Waals surface area contributed by atoms with Crippen LogP contribution in [0.3, 0.4) is 0 Å². The van der Waals surface area contributed by atoms with E-state index in [4.69, 9.17) is 5.73 Å². The van der Waals surface area contributed by atoms with Crippen molar-refractivity contribution in [3.8, 4) is 6.07 Å². The Labute approximate surface area is 214 Å². The van der Waals surface area contributed by atoms with Gasteiger partial charge in [0, 0.05) is 51.3 Å². The van der Waals surface area contributed by atoms with Gasteiger partial charge in [0.25, 0.3) is 0 Å². The minimum Gasteiger partial charge on any atom is -0.399 e. The second kappa shape index (κ2) is 13.6. The highest BCUT2D eigenvalue weighted by Crippen LogP contribution is 2.26. The fourth-order valence-electron chi connectivity index (χ4n) is 4.70. The van der Waals surface area contributed by atoms with Crippen molar-refractivity contribution in [3.05, 3.63) is 64.7 Å². The van der Waals surface area contributed by atoms with E-state index in [-0.39, 0.29) is 30.6 Å². The molecule has 2 aromatic carbocycles. The number of carbonyl (C=O) groups is 2. The van der Waals surface area contributed by atoms with Crippen LogP contribution >= 0.6 is 0 Å². The zero-order valence-corrected chi connectivity index (χ0v) is 21.4. The number of nitriles is 1. The standard InChI is InChI=1S/C28H38N6O2/c1-3-31-13-14-32-27(35)16-21(9-11-23-15-22(18-29)10-12-26(23)30)17-28(36)34(4-2)33-19-24-7-5-6-8-25(24)20-33/h5-8,10,12,15,21,31H,3-4,9,11,13-14,16-17,19-20,30H2,1-2H3,(H,32,35). The minimum atomic E-state index is -0.138. The van der Waals surface area contributed by atoms with Gasteiger partial charge in [-0.25, -0.2) is 5.01 Å². The molecule has 1 heterocycles. The Kier molecular flexibility index (Phi) is 10.3. The largest absolute Gasteiger partial charge is 0.399 e. The molecule has 0 radical (unpaired) electrons. The first-order chi connectivity index (χ1) is 17.4. The first kappa shape index (κ1) is 27.2. The number of hydrazine groups is 1. The number of anilines is 1. The first-order valence-corrected chi connectivity index (χ1v) is 12.8. The summed E-state index contributed by atoms with van der Waals surface area (Å²) >= 11 is 0. The number of nitrogens with zero attached hydrogens (tertiary/aromatic N) is 3.